The first-order valence-corrected chi connectivity index (χ1v) is 7.98. The van der Waals surface area contributed by atoms with Crippen LogP contribution in [0.2, 0.25) is 0 Å². The van der Waals surface area contributed by atoms with Gasteiger partial charge in [0, 0.05) is 6.54 Å². The molecule has 0 aliphatic heterocycles. The van der Waals surface area contributed by atoms with Gasteiger partial charge in [-0.15, -0.1) is 24.0 Å². The Hall–Kier alpha value is -2.35. The van der Waals surface area contributed by atoms with Crippen LogP contribution in [0.15, 0.2) is 71.9 Å². The molecular weight excluding hydrogens is 425 g/mol. The van der Waals surface area contributed by atoms with Crippen molar-refractivity contribution in [3.63, 3.8) is 0 Å². The summed E-state index contributed by atoms with van der Waals surface area (Å²) in [6.07, 6.45) is 2.73. The zero-order chi connectivity index (χ0) is 16.6. The standard InChI is InChI=1S/C19H21N5.HI/c20-19(21-12-11-15-7-3-1-4-8-15)23-14-18-22-13-17(24-18)16-9-5-2-6-10-16;/h1-10,13H,11-12,14H2,(H,22,24)(H3,20,21,23);1H. The molecule has 5 nitrogen and oxygen atoms in total. The summed E-state index contributed by atoms with van der Waals surface area (Å²) in [4.78, 5) is 11.9. The predicted molar refractivity (Wildman–Crippen MR) is 113 cm³/mol. The summed E-state index contributed by atoms with van der Waals surface area (Å²) in [6.45, 7) is 1.18. The number of H-pyrrole nitrogens is 1. The number of nitrogens with one attached hydrogen (secondary N) is 2. The number of imidazole rings is 1. The third-order valence-electron chi connectivity index (χ3n) is 3.68. The van der Waals surface area contributed by atoms with Crippen molar-refractivity contribution >= 4 is 29.9 Å². The van der Waals surface area contributed by atoms with E-state index >= 15 is 0 Å². The fourth-order valence-corrected chi connectivity index (χ4v) is 2.40. The zero-order valence-electron chi connectivity index (χ0n) is 13.9. The summed E-state index contributed by atoms with van der Waals surface area (Å²) in [5, 5.41) is 3.13. The van der Waals surface area contributed by atoms with Gasteiger partial charge in [0.05, 0.1) is 11.9 Å². The average molecular weight is 447 g/mol. The van der Waals surface area contributed by atoms with Crippen LogP contribution in [0.5, 0.6) is 0 Å². The van der Waals surface area contributed by atoms with Crippen molar-refractivity contribution in [3.8, 4) is 11.3 Å². The lowest BCUT2D eigenvalue weighted by Gasteiger charge is -2.05. The van der Waals surface area contributed by atoms with E-state index in [0.717, 1.165) is 30.0 Å². The van der Waals surface area contributed by atoms with Gasteiger partial charge in [-0.3, -0.25) is 0 Å². The summed E-state index contributed by atoms with van der Waals surface area (Å²) in [7, 11) is 0. The molecule has 0 aliphatic carbocycles. The molecule has 0 fully saturated rings. The van der Waals surface area contributed by atoms with Crippen molar-refractivity contribution in [2.24, 2.45) is 10.7 Å². The van der Waals surface area contributed by atoms with Gasteiger partial charge in [0.2, 0.25) is 0 Å². The van der Waals surface area contributed by atoms with Crippen LogP contribution in [0.4, 0.5) is 0 Å². The first kappa shape index (κ1) is 19.0. The fraction of sp³-hybridized carbons (Fsp3) is 0.158. The SMILES string of the molecule is I.NC(=NCc1ncc(-c2ccccc2)[nH]1)NCCc1ccccc1. The molecule has 0 saturated heterocycles. The van der Waals surface area contributed by atoms with Crippen molar-refractivity contribution in [1.29, 1.82) is 0 Å². The van der Waals surface area contributed by atoms with Crippen LogP contribution >= 0.6 is 24.0 Å². The van der Waals surface area contributed by atoms with Gasteiger partial charge >= 0.3 is 0 Å². The first-order chi connectivity index (χ1) is 11.8. The summed E-state index contributed by atoms with van der Waals surface area (Å²) in [5.41, 5.74) is 9.26. The van der Waals surface area contributed by atoms with Gasteiger partial charge in [-0.25, -0.2) is 9.98 Å². The Morgan fingerprint density at radius 3 is 2.44 bits per heavy atom. The van der Waals surface area contributed by atoms with Crippen LogP contribution in [0.3, 0.4) is 0 Å². The number of nitrogens with zero attached hydrogens (tertiary/aromatic N) is 2. The fourth-order valence-electron chi connectivity index (χ4n) is 2.40. The van der Waals surface area contributed by atoms with E-state index in [0.29, 0.717) is 12.5 Å². The molecule has 2 aromatic carbocycles. The molecule has 0 radical (unpaired) electrons. The zero-order valence-corrected chi connectivity index (χ0v) is 16.2. The van der Waals surface area contributed by atoms with Crippen molar-refractivity contribution in [1.82, 2.24) is 15.3 Å². The maximum absolute atomic E-state index is 5.90. The lowest BCUT2D eigenvalue weighted by atomic mass is 10.1. The average Bonchev–Trinajstić information content (AvgIpc) is 3.11. The molecule has 0 aliphatic rings. The molecule has 3 rings (SSSR count). The number of benzene rings is 2. The van der Waals surface area contributed by atoms with E-state index in [9.17, 15) is 0 Å². The van der Waals surface area contributed by atoms with Crippen molar-refractivity contribution < 1.29 is 0 Å². The molecule has 6 heteroatoms. The topological polar surface area (TPSA) is 79.1 Å². The van der Waals surface area contributed by atoms with Crippen molar-refractivity contribution in [3.05, 3.63) is 78.2 Å². The largest absolute Gasteiger partial charge is 0.370 e. The van der Waals surface area contributed by atoms with Crippen LogP contribution in [-0.2, 0) is 13.0 Å². The summed E-state index contributed by atoms with van der Waals surface area (Å²) >= 11 is 0. The molecule has 0 amide bonds. The van der Waals surface area contributed by atoms with Crippen LogP contribution < -0.4 is 11.1 Å². The highest BCUT2D eigenvalue weighted by molar-refractivity contribution is 14.0. The van der Waals surface area contributed by atoms with E-state index in [1.165, 1.54) is 5.56 Å². The molecule has 1 heterocycles. The second-order valence-corrected chi connectivity index (χ2v) is 5.47. The molecule has 0 bridgehead atoms. The van der Waals surface area contributed by atoms with Crippen LogP contribution in [0, 0.1) is 0 Å². The Morgan fingerprint density at radius 2 is 1.72 bits per heavy atom. The molecule has 0 atom stereocenters. The summed E-state index contributed by atoms with van der Waals surface area (Å²) in [6, 6.07) is 20.4. The van der Waals surface area contributed by atoms with Crippen molar-refractivity contribution in [2.75, 3.05) is 6.54 Å². The number of aliphatic imine (C=N–C) groups is 1. The van der Waals surface area contributed by atoms with Gasteiger partial charge in [0.15, 0.2) is 5.96 Å². The van der Waals surface area contributed by atoms with E-state index in [2.05, 4.69) is 32.4 Å². The second kappa shape index (κ2) is 9.83. The number of hydrogen-bond acceptors (Lipinski definition) is 2. The first-order valence-electron chi connectivity index (χ1n) is 7.98. The minimum absolute atomic E-state index is 0. The van der Waals surface area contributed by atoms with Gasteiger partial charge < -0.3 is 16.0 Å². The maximum atomic E-state index is 5.90. The normalized spacial score (nSPS) is 11.0. The maximum Gasteiger partial charge on any atom is 0.189 e. The number of nitrogens with two attached hydrogens (primary N) is 1. The molecule has 25 heavy (non-hydrogen) atoms. The summed E-state index contributed by atoms with van der Waals surface area (Å²) < 4.78 is 0. The lowest BCUT2D eigenvalue weighted by Crippen LogP contribution is -2.33. The highest BCUT2D eigenvalue weighted by Crippen LogP contribution is 2.16. The van der Waals surface area contributed by atoms with Crippen LogP contribution in [-0.4, -0.2) is 22.5 Å². The molecule has 0 unspecified atom stereocenters. The van der Waals surface area contributed by atoms with Crippen LogP contribution in [0.25, 0.3) is 11.3 Å². The van der Waals surface area contributed by atoms with E-state index in [1.807, 2.05) is 54.7 Å². The number of rotatable bonds is 6. The van der Waals surface area contributed by atoms with E-state index in [-0.39, 0.29) is 24.0 Å². The molecule has 3 aromatic rings. The molecular formula is C19H22IN5. The third kappa shape index (κ3) is 5.90. The Labute approximate surface area is 164 Å². The number of aromatic nitrogens is 2. The minimum atomic E-state index is 0. The quantitative estimate of drug-likeness (QED) is 0.308. The van der Waals surface area contributed by atoms with E-state index in [1.54, 1.807) is 0 Å². The smallest absolute Gasteiger partial charge is 0.189 e. The number of halogens is 1. The Morgan fingerprint density at radius 1 is 1.04 bits per heavy atom. The van der Waals surface area contributed by atoms with Crippen LogP contribution in [0.1, 0.15) is 11.4 Å². The Kier molecular flexibility index (Phi) is 7.46. The Balaban J connectivity index is 0.00000225. The lowest BCUT2D eigenvalue weighted by molar-refractivity contribution is 0.840. The van der Waals surface area contributed by atoms with E-state index < -0.39 is 0 Å². The highest BCUT2D eigenvalue weighted by atomic mass is 127. The van der Waals surface area contributed by atoms with Gasteiger partial charge in [-0.05, 0) is 17.5 Å². The van der Waals surface area contributed by atoms with E-state index in [4.69, 9.17) is 5.73 Å². The van der Waals surface area contributed by atoms with Gasteiger partial charge in [0.25, 0.3) is 0 Å². The number of hydrogen-bond donors (Lipinski definition) is 3. The summed E-state index contributed by atoms with van der Waals surface area (Å²) in [5.74, 6) is 1.23. The predicted octanol–water partition coefficient (Wildman–Crippen LogP) is 3.34. The highest BCUT2D eigenvalue weighted by Gasteiger charge is 2.02. The molecule has 1 aromatic heterocycles. The van der Waals surface area contributed by atoms with Gasteiger partial charge in [-0.1, -0.05) is 60.7 Å². The van der Waals surface area contributed by atoms with Crippen molar-refractivity contribution in [2.45, 2.75) is 13.0 Å². The molecule has 0 spiro atoms. The molecule has 4 N–H and O–H groups in total. The Bertz CT molecular complexity index is 784. The molecule has 130 valence electrons. The number of aromatic amines is 1. The second-order valence-electron chi connectivity index (χ2n) is 5.47. The van der Waals surface area contributed by atoms with Gasteiger partial charge in [-0.2, -0.15) is 0 Å². The molecule has 0 saturated carbocycles. The van der Waals surface area contributed by atoms with Gasteiger partial charge in [0.1, 0.15) is 12.4 Å². The minimum Gasteiger partial charge on any atom is -0.370 e. The number of guanidine groups is 1. The monoisotopic (exact) mass is 447 g/mol. The third-order valence-corrected chi connectivity index (χ3v) is 3.68.